The standard InChI is InChI=1S/2C28H27FN4O3S.C28H25FN4O3S.72H2/c1-16-22-9-8-21-24(20-6-4-5-7-23(20)29)32-27(17-10-11-30-19(12-17)15-37(3,34)35)33-26(21)28(22,2)13-18-14-31-36-25(16)18;2*1-16-21-10-9-20-24(19-7-5-6-8-22(19)29)32-27(17-11-12-31-18(13-17)15-37(4,35)36)33-26(20)28(21,2)14-23(30-3)25(16)34;;;;;;;;;;;;;;;;;;;;;;;;;;;;;;;;;;;;;;;;;;;;;;;;;;;;;;;;;;;;;;;;;;;;;;;;/h4-7,10-12,14,16,22H,8-9,13,15H2,1-3H3;5-8,11-13,16,21,34H,9-10,14-15H2,1-2,4H3;5-8,11-14,16,21H,9-10,15H2,1-2,4H3;72*1H/t16-,22-,28-;2*16-,21-,28-;;;;;;;;;;;;;;;;;;;;;;;;;;;;;;;;;;;;;;;;;;;;;;;;;;;;;;;;;;;;;;;;;;;;;;;;/m111......................................................................../s1/i;;;71*1+2T;1+2. The molecule has 0 saturated heterocycles. The summed E-state index contributed by atoms with van der Waals surface area (Å²) in [6, 6.07) is 29.7. The quantitative estimate of drug-likeness (QED) is 0.111. The van der Waals surface area contributed by atoms with Crippen LogP contribution < -0.4 is 0 Å². The van der Waals surface area contributed by atoms with Crippen LogP contribution in [0.4, 0.5) is 13.2 Å². The molecule has 0 aliphatic heterocycles. The highest BCUT2D eigenvalue weighted by molar-refractivity contribution is 7.90. The maximum Gasteiger partial charge on any atom is 0.226 e. The van der Waals surface area contributed by atoms with Crippen LogP contribution in [0.1, 0.15) is 348 Å². The van der Waals surface area contributed by atoms with Crippen molar-refractivity contribution < 1.29 is 265 Å². The minimum Gasteiger partial charge on any atom is -0.523 e. The van der Waals surface area contributed by atoms with Gasteiger partial charge in [-0.05, 0) is 142 Å². The van der Waals surface area contributed by atoms with E-state index in [1.54, 1.807) is 103 Å². The topological polar surface area (TPSA) is 290 Å². The predicted molar refractivity (Wildman–Crippen MR) is 565 cm³/mol. The van der Waals surface area contributed by atoms with E-state index in [1.165, 1.54) is 36.8 Å². The number of fused-ring (bicyclic) bond motifs is 10. The molecular formula is C84H223F3N12O9S3. The number of carbonyl (C=O) groups excluding carboxylic acids is 1. The van der Waals surface area contributed by atoms with Crippen LogP contribution in [-0.2, 0) is 93.5 Å². The van der Waals surface area contributed by atoms with Gasteiger partial charge in [-0.3, -0.25) is 15.0 Å². The number of hydrogen-bond donors (Lipinski definition) is 1. The molecule has 0 saturated carbocycles. The number of benzene rings is 3. The molecule has 21 nitrogen and oxygen atoms in total. The molecule has 6 aliphatic carbocycles. The lowest BCUT2D eigenvalue weighted by atomic mass is 9.56. The molecule has 7 aromatic heterocycles. The first-order valence-corrected chi connectivity index (χ1v) is 42.6. The number of allylic oxidation sites excluding steroid dienone is 4. The Balaban J connectivity index is -0.0000000292. The van der Waals surface area contributed by atoms with Crippen LogP contribution in [-0.4, -0.2) is 105 Å². The first-order valence-electron chi connectivity index (χ1n) is 107. The van der Waals surface area contributed by atoms with Crippen molar-refractivity contribution in [1.82, 2.24) is 50.0 Å². The van der Waals surface area contributed by atoms with Crippen LogP contribution in [0, 0.1) is 60.2 Å². The molecule has 1 N–H and O–H groups in total. The van der Waals surface area contributed by atoms with Gasteiger partial charge in [-0.2, -0.15) is 0 Å². The minimum absolute atomic E-state index is 0. The van der Waals surface area contributed by atoms with E-state index in [1.807, 2.05) is 26.8 Å². The second kappa shape index (κ2) is 29.4. The molecule has 7 heterocycles. The zero-order valence-corrected chi connectivity index (χ0v) is 64.9. The first kappa shape index (κ1) is 29.0. The fraction of sp³-hybridized carbons (Fsp3) is 0.345. The SMILES string of the molecule is C[C@H]1c2oncc2C[C@@]2(C)c3nc(-c4ccnc(CS(C)(=O)=O)c4)nc(-c4ccccc4F)c3CC[C@H]12.[3HH].[3H][3H].[3H][3H].[3H][3H].[3H][3H].[3H][3H].[3H][3H].[3H][3H].[3H][3H].[3H][3H].[3H][3H].[3H][3H].[3H][3H].[3H][3H].[3H][3H].[3H][3H].[3H][3H].[3H][3H].[3H][3H].[3H][3H].[3H][3H].[3H][3H].[3H][3H].[3H][3H].[3H][3H].[3H][3H].[3H][3H].[3H][3H].[3H][3H].[3H][3H].[3H][3H].[3H][3H].[3H][3H].[3H][3H].[3H][3H].[3H][3H].[3H][3H].[3H][3H].[3H][3H].[3H][3H].[3H][3H].[3H][3H].[3H][3H].[3H][3H].[3H][3H].[3H][3H].[3H][3H].[3H][3H].[3H][3H].[3H][3H].[3H][3H].[3H][3H].[3H][3H].[3H][3H].[3H][3H].[3H][3H].[3H][3H].[3H][3H].[3H][3H].[3H][3H].[3H][3H].[3H][3H].[3H][3H].[3H][3H].[3H][3H].[3H][3H].[3H][3H].[3H][3H].[3H][3H].[3H][3H].[3H][3H].[3H][3H].[C-]#[N+]C1=C(O)[C@H](C)[C@H]2CCc3c(-c4ccccc4F)nc(-c4ccnc(CS(C)(=O)=O)c4)nc3[C@]2(C)C1.[C-]#[N+]C1=C[C@@]2(C)c3nc(-c4ccnc(CS(C)(=O)=O)c4)nc(-c4ccccc4F)c3CC[C@@H]2[C@@H](C)C1=O. The maximum absolute atomic E-state index is 15.1. The smallest absolute Gasteiger partial charge is 0.226 e. The molecule has 712 valence electrons. The van der Waals surface area contributed by atoms with Crippen LogP contribution in [0.3, 0.4) is 0 Å². The van der Waals surface area contributed by atoms with E-state index in [-0.39, 0.29) is 82.7 Å². The van der Waals surface area contributed by atoms with Crippen molar-refractivity contribution in [2.24, 2.45) is 29.6 Å². The van der Waals surface area contributed by atoms with E-state index >= 15 is 13.2 Å². The zero-order chi connectivity index (χ0) is 221. The lowest BCUT2D eigenvalue weighted by Gasteiger charge is -2.48. The van der Waals surface area contributed by atoms with Gasteiger partial charge in [0.1, 0.15) is 23.2 Å². The Morgan fingerprint density at radius 3 is 1.32 bits per heavy atom. The molecule has 0 amide bonds. The monoisotopic (exact) mass is 1980 g/mol. The highest BCUT2D eigenvalue weighted by Gasteiger charge is 2.54. The second-order valence-corrected chi connectivity index (χ2v) is 37.3. The molecule has 0 fully saturated rings. The Hall–Kier alpha value is -10.9. The largest absolute Gasteiger partial charge is 0.523 e. The zero-order valence-electron chi connectivity index (χ0n) is 204. The van der Waals surface area contributed by atoms with Crippen molar-refractivity contribution >= 4 is 35.3 Å². The number of aliphatic hydroxyl groups is 1. The van der Waals surface area contributed by atoms with Gasteiger partial charge in [-0.15, -0.1) is 0 Å². The van der Waals surface area contributed by atoms with Crippen molar-refractivity contribution in [3.63, 3.8) is 0 Å². The molecule has 0 unspecified atom stereocenters. The molecule has 16 rings (SSSR count). The lowest BCUT2D eigenvalue weighted by Crippen LogP contribution is -2.46. The highest BCUT2D eigenvalue weighted by Crippen LogP contribution is 2.57. The summed E-state index contributed by atoms with van der Waals surface area (Å²) in [7, 11) is -9.89. The van der Waals surface area contributed by atoms with Gasteiger partial charge in [0.15, 0.2) is 52.8 Å². The van der Waals surface area contributed by atoms with E-state index in [0.717, 1.165) is 77.6 Å². The molecule has 0 radical (unpaired) electrons. The second-order valence-electron chi connectivity index (χ2n) is 30.9. The third-order valence-electron chi connectivity index (χ3n) is 23.1. The number of halogens is 3. The van der Waals surface area contributed by atoms with Gasteiger partial charge in [-0.25, -0.2) is 78.0 Å². The van der Waals surface area contributed by atoms with Crippen LogP contribution in [0.25, 0.3) is 77.6 Å². The van der Waals surface area contributed by atoms with E-state index in [9.17, 15) is 35.2 Å². The summed E-state index contributed by atoms with van der Waals surface area (Å²) in [4.78, 5) is 62.1. The Bertz CT molecular complexity index is 6250. The van der Waals surface area contributed by atoms with Gasteiger partial charge < -0.3 is 14.4 Å². The number of aromatic nitrogens is 10. The molecule has 111 heavy (non-hydrogen) atoms. The summed E-state index contributed by atoms with van der Waals surface area (Å²) in [5, 5.41) is 14.8. The summed E-state index contributed by atoms with van der Waals surface area (Å²) < 4.78 is 832. The van der Waals surface area contributed by atoms with Crippen LogP contribution >= 0.6 is 0 Å². The fourth-order valence-corrected chi connectivity index (χ4v) is 20.1. The van der Waals surface area contributed by atoms with Gasteiger partial charge in [-0.1, -0.05) is 89.2 Å². The van der Waals surface area contributed by atoms with Crippen molar-refractivity contribution in [1.29, 1.82) is 0 Å². The number of pyridine rings is 3. The summed E-state index contributed by atoms with van der Waals surface area (Å²) in [5.74, 6) is 0.0376. The first-order chi connectivity index (χ1) is 124. The number of hydrogen-bond acceptors (Lipinski definition) is 19. The Morgan fingerprint density at radius 1 is 0.532 bits per heavy atom. The lowest BCUT2D eigenvalue weighted by molar-refractivity contribution is -0.121. The third-order valence-corrected chi connectivity index (χ3v) is 25.5. The highest BCUT2D eigenvalue weighted by atomic mass is 32.2. The van der Waals surface area contributed by atoms with E-state index < -0.39 is 52.0 Å². The van der Waals surface area contributed by atoms with Crippen LogP contribution in [0.5, 0.6) is 0 Å². The molecule has 6 aliphatic rings. The van der Waals surface area contributed by atoms with Crippen LogP contribution in [0.2, 0.25) is 0 Å². The van der Waals surface area contributed by atoms with Crippen molar-refractivity contribution in [2.75, 3.05) is 18.8 Å². The normalized spacial score (nSPS) is 28.1. The summed E-state index contributed by atoms with van der Waals surface area (Å²) in [6.07, 6.45) is 16.8. The summed E-state index contributed by atoms with van der Waals surface area (Å²) in [5.41, 5.74) is 10.4. The average Bonchev–Trinajstić information content (AvgIpc) is 1.17. The Morgan fingerprint density at radius 2 is 0.919 bits per heavy atom. The molecule has 3 aromatic carbocycles. The number of ketones is 1. The number of aliphatic hydroxyl groups excluding tert-OH is 1. The summed E-state index contributed by atoms with van der Waals surface area (Å²) in [6.45, 7) is 27.5. The van der Waals surface area contributed by atoms with Gasteiger partial charge in [0.05, 0.1) is 93.6 Å². The number of nitrogens with zero attached hydrogens (tertiary/aromatic N) is 12. The molecule has 9 atom stereocenters. The number of carbonyl (C=O) groups is 1. The van der Waals surface area contributed by atoms with Gasteiger partial charge in [0.2, 0.25) is 11.4 Å². The van der Waals surface area contributed by atoms with Crippen molar-refractivity contribution in [3.8, 4) is 67.9 Å². The van der Waals surface area contributed by atoms with Crippen molar-refractivity contribution in [2.45, 2.75) is 132 Å². The predicted octanol–water partition coefficient (Wildman–Crippen LogP) is 32.9. The molecule has 0 spiro atoms. The van der Waals surface area contributed by atoms with E-state index in [2.05, 4.69) is 50.6 Å². The molecule has 0 bridgehead atoms. The number of rotatable bonds is 12. The maximum atomic E-state index is 15.1. The number of sulfone groups is 3. The summed E-state index contributed by atoms with van der Waals surface area (Å²) >= 11 is 0. The molecule has 10 aromatic rings. The molecule has 27 heteroatoms. The van der Waals surface area contributed by atoms with Gasteiger partial charge >= 0.3 is 0 Å². The minimum atomic E-state index is -3.31. The third kappa shape index (κ3) is 14.8. The molecular weight excluding hydrogens is 1470 g/mol. The Kier molecular flexibility index (Phi) is 7.69. The van der Waals surface area contributed by atoms with Crippen molar-refractivity contribution in [3.05, 3.63) is 260 Å². The van der Waals surface area contributed by atoms with Crippen LogP contribution in [0.15, 0.2) is 162 Å². The van der Waals surface area contributed by atoms with E-state index in [4.69, 9.17) is 258 Å². The average molecular weight is 1990 g/mol. The Labute approximate surface area is 863 Å². The fourth-order valence-electron chi connectivity index (χ4n) is 18.0. The number of Topliss-reactive ketones (excluding diaryl/α,β-unsaturated/α-hetero) is 1. The van der Waals surface area contributed by atoms with Gasteiger partial charge in [0.25, 0.3) is 0 Å². The van der Waals surface area contributed by atoms with E-state index in [0.29, 0.717) is 122 Å². The van der Waals surface area contributed by atoms with Gasteiger partial charge in [0, 0.05) is 339 Å².